The summed E-state index contributed by atoms with van der Waals surface area (Å²) in [5.74, 6) is -0.0656. The summed E-state index contributed by atoms with van der Waals surface area (Å²) in [4.78, 5) is 12.1. The Morgan fingerprint density at radius 2 is 2.10 bits per heavy atom. The Bertz CT molecular complexity index is 667. The molecule has 0 unspecified atom stereocenters. The first-order valence-electron chi connectivity index (χ1n) is 6.60. The topological polar surface area (TPSA) is 46.9 Å². The van der Waals surface area contributed by atoms with Gasteiger partial charge in [-0.15, -0.1) is 0 Å². The fourth-order valence-corrected chi connectivity index (χ4v) is 2.47. The molecule has 0 aliphatic heterocycles. The van der Waals surface area contributed by atoms with Crippen LogP contribution in [0.2, 0.25) is 10.0 Å². The van der Waals surface area contributed by atoms with Crippen molar-refractivity contribution in [1.29, 1.82) is 0 Å². The lowest BCUT2D eigenvalue weighted by Crippen LogP contribution is -2.28. The molecule has 0 saturated carbocycles. The third-order valence-electron chi connectivity index (χ3n) is 3.47. The Balaban J connectivity index is 2.01. The van der Waals surface area contributed by atoms with Crippen LogP contribution in [-0.4, -0.2) is 15.7 Å². The van der Waals surface area contributed by atoms with Crippen molar-refractivity contribution in [3.8, 4) is 0 Å². The zero-order valence-electron chi connectivity index (χ0n) is 12.2. The molecule has 1 N–H and O–H groups in total. The Morgan fingerprint density at radius 3 is 2.67 bits per heavy atom. The molecule has 1 heterocycles. The minimum absolute atomic E-state index is 0.0656. The van der Waals surface area contributed by atoms with Crippen LogP contribution in [0.25, 0.3) is 0 Å². The summed E-state index contributed by atoms with van der Waals surface area (Å²) in [6, 6.07) is 5.12. The number of aryl methyl sites for hydroxylation is 1. The maximum absolute atomic E-state index is 12.1. The molecule has 0 fully saturated rings. The normalized spacial score (nSPS) is 12.2. The van der Waals surface area contributed by atoms with Gasteiger partial charge in [0, 0.05) is 18.3 Å². The van der Waals surface area contributed by atoms with Crippen LogP contribution in [0.4, 0.5) is 0 Å². The Hall–Kier alpha value is -1.52. The summed E-state index contributed by atoms with van der Waals surface area (Å²) in [6.45, 7) is 3.92. The number of rotatable bonds is 4. The second-order valence-electron chi connectivity index (χ2n) is 5.02. The van der Waals surface area contributed by atoms with E-state index in [4.69, 9.17) is 23.2 Å². The third-order valence-corrected chi connectivity index (χ3v) is 4.20. The molecule has 6 heteroatoms. The molecule has 0 aliphatic carbocycles. The van der Waals surface area contributed by atoms with Crippen LogP contribution in [-0.2, 0) is 18.3 Å². The molecule has 2 aromatic rings. The Labute approximate surface area is 134 Å². The van der Waals surface area contributed by atoms with E-state index in [1.54, 1.807) is 29.1 Å². The second kappa shape index (κ2) is 6.50. The second-order valence-corrected chi connectivity index (χ2v) is 5.84. The van der Waals surface area contributed by atoms with Crippen molar-refractivity contribution in [1.82, 2.24) is 15.1 Å². The predicted molar refractivity (Wildman–Crippen MR) is 84.7 cm³/mol. The van der Waals surface area contributed by atoms with Crippen LogP contribution < -0.4 is 5.32 Å². The van der Waals surface area contributed by atoms with E-state index < -0.39 is 0 Å². The van der Waals surface area contributed by atoms with Crippen LogP contribution >= 0.6 is 23.2 Å². The van der Waals surface area contributed by atoms with Crippen LogP contribution in [0, 0.1) is 6.92 Å². The number of carbonyl (C=O) groups excluding carboxylic acids is 1. The van der Waals surface area contributed by atoms with E-state index >= 15 is 0 Å². The fraction of sp³-hybridized carbons (Fsp3) is 0.333. The molecule has 1 amide bonds. The molecule has 21 heavy (non-hydrogen) atoms. The number of carbonyl (C=O) groups is 1. The quantitative estimate of drug-likeness (QED) is 0.935. The highest BCUT2D eigenvalue weighted by Gasteiger charge is 2.15. The van der Waals surface area contributed by atoms with E-state index in [2.05, 4.69) is 10.4 Å². The average Bonchev–Trinajstić information content (AvgIpc) is 2.74. The van der Waals surface area contributed by atoms with Gasteiger partial charge in [-0.05, 0) is 31.5 Å². The summed E-state index contributed by atoms with van der Waals surface area (Å²) in [7, 11) is 1.88. The number of hydrogen-bond acceptors (Lipinski definition) is 2. The molecule has 0 spiro atoms. The van der Waals surface area contributed by atoms with Gasteiger partial charge in [-0.25, -0.2) is 0 Å². The molecule has 112 valence electrons. The van der Waals surface area contributed by atoms with Crippen LogP contribution in [0.1, 0.15) is 29.8 Å². The highest BCUT2D eigenvalue weighted by molar-refractivity contribution is 6.42. The van der Waals surface area contributed by atoms with Gasteiger partial charge in [0.1, 0.15) is 0 Å². The first-order valence-corrected chi connectivity index (χ1v) is 7.36. The highest BCUT2D eigenvalue weighted by Crippen LogP contribution is 2.23. The maximum Gasteiger partial charge on any atom is 0.224 e. The van der Waals surface area contributed by atoms with E-state index in [1.165, 1.54) is 0 Å². The SMILES string of the molecule is Cc1c([C@@H](C)NC(=O)Cc2ccc(Cl)c(Cl)c2)cnn1C. The van der Waals surface area contributed by atoms with Gasteiger partial charge < -0.3 is 5.32 Å². The Kier molecular flexibility index (Phi) is 4.91. The van der Waals surface area contributed by atoms with Crippen LogP contribution in [0.5, 0.6) is 0 Å². The zero-order chi connectivity index (χ0) is 15.6. The van der Waals surface area contributed by atoms with E-state index in [1.807, 2.05) is 20.9 Å². The summed E-state index contributed by atoms with van der Waals surface area (Å²) >= 11 is 11.8. The predicted octanol–water partition coefficient (Wildman–Crippen LogP) is 3.46. The van der Waals surface area contributed by atoms with E-state index in [9.17, 15) is 4.79 Å². The van der Waals surface area contributed by atoms with Crippen molar-refractivity contribution in [3.05, 3.63) is 51.3 Å². The Morgan fingerprint density at radius 1 is 1.38 bits per heavy atom. The van der Waals surface area contributed by atoms with Gasteiger partial charge in [-0.1, -0.05) is 29.3 Å². The first-order chi connectivity index (χ1) is 9.88. The van der Waals surface area contributed by atoms with Crippen molar-refractivity contribution in [2.75, 3.05) is 0 Å². The average molecular weight is 326 g/mol. The molecule has 0 radical (unpaired) electrons. The number of nitrogens with zero attached hydrogens (tertiary/aromatic N) is 2. The molecule has 4 nitrogen and oxygen atoms in total. The van der Waals surface area contributed by atoms with Gasteiger partial charge in [-0.2, -0.15) is 5.10 Å². The monoisotopic (exact) mass is 325 g/mol. The highest BCUT2D eigenvalue weighted by atomic mass is 35.5. The number of nitrogens with one attached hydrogen (secondary N) is 1. The van der Waals surface area contributed by atoms with Crippen LogP contribution in [0.15, 0.2) is 24.4 Å². The molecule has 1 atom stereocenters. The molecular formula is C15H17Cl2N3O. The van der Waals surface area contributed by atoms with E-state index in [0.717, 1.165) is 16.8 Å². The summed E-state index contributed by atoms with van der Waals surface area (Å²) in [6.07, 6.45) is 2.04. The lowest BCUT2D eigenvalue weighted by atomic mass is 10.1. The van der Waals surface area contributed by atoms with Crippen molar-refractivity contribution >= 4 is 29.1 Å². The maximum atomic E-state index is 12.1. The van der Waals surface area contributed by atoms with Gasteiger partial charge in [0.15, 0.2) is 0 Å². The smallest absolute Gasteiger partial charge is 0.224 e. The van der Waals surface area contributed by atoms with Crippen molar-refractivity contribution < 1.29 is 4.79 Å². The minimum Gasteiger partial charge on any atom is -0.349 e. The summed E-state index contributed by atoms with van der Waals surface area (Å²) in [5.41, 5.74) is 2.88. The van der Waals surface area contributed by atoms with Crippen molar-refractivity contribution in [3.63, 3.8) is 0 Å². The standard InChI is InChI=1S/C15H17Cl2N3O/c1-9(12-8-18-20(3)10(12)2)19-15(21)7-11-4-5-13(16)14(17)6-11/h4-6,8-9H,7H2,1-3H3,(H,19,21)/t9-/m1/s1. The fourth-order valence-electron chi connectivity index (χ4n) is 2.15. The van der Waals surface area contributed by atoms with Gasteiger partial charge in [0.2, 0.25) is 5.91 Å². The van der Waals surface area contributed by atoms with Gasteiger partial charge >= 0.3 is 0 Å². The number of hydrogen-bond donors (Lipinski definition) is 1. The van der Waals surface area contributed by atoms with Crippen molar-refractivity contribution in [2.45, 2.75) is 26.3 Å². The van der Waals surface area contributed by atoms with Crippen molar-refractivity contribution in [2.24, 2.45) is 7.05 Å². The van der Waals surface area contributed by atoms with Gasteiger partial charge in [0.25, 0.3) is 0 Å². The zero-order valence-corrected chi connectivity index (χ0v) is 13.7. The molecule has 0 saturated heterocycles. The molecule has 1 aromatic heterocycles. The lowest BCUT2D eigenvalue weighted by molar-refractivity contribution is -0.121. The number of halogens is 2. The summed E-state index contributed by atoms with van der Waals surface area (Å²) in [5, 5.41) is 8.09. The lowest BCUT2D eigenvalue weighted by Gasteiger charge is -2.14. The third kappa shape index (κ3) is 3.77. The largest absolute Gasteiger partial charge is 0.349 e. The molecule has 0 bridgehead atoms. The minimum atomic E-state index is -0.0889. The molecule has 0 aliphatic rings. The number of amides is 1. The van der Waals surface area contributed by atoms with Gasteiger partial charge in [-0.3, -0.25) is 9.48 Å². The number of aromatic nitrogens is 2. The molecule has 2 rings (SSSR count). The number of benzene rings is 1. The summed E-state index contributed by atoms with van der Waals surface area (Å²) < 4.78 is 1.79. The molecule has 1 aromatic carbocycles. The van der Waals surface area contributed by atoms with Crippen LogP contribution in [0.3, 0.4) is 0 Å². The van der Waals surface area contributed by atoms with E-state index in [-0.39, 0.29) is 18.4 Å². The van der Waals surface area contributed by atoms with E-state index in [0.29, 0.717) is 10.0 Å². The van der Waals surface area contributed by atoms with Gasteiger partial charge in [0.05, 0.1) is 28.7 Å². The first kappa shape index (κ1) is 15.9. The molecular weight excluding hydrogens is 309 g/mol.